The summed E-state index contributed by atoms with van der Waals surface area (Å²) < 4.78 is 6.26. The number of carbonyl (C=O) groups excluding carboxylic acids is 1. The number of aromatic nitrogens is 1. The molecule has 2 aromatic carbocycles. The fraction of sp³-hybridized carbons (Fsp3) is 0. The third-order valence-electron chi connectivity index (χ3n) is 3.90. The zero-order valence-corrected chi connectivity index (χ0v) is 17.1. The van der Waals surface area contributed by atoms with Crippen LogP contribution in [0.25, 0.3) is 21.5 Å². The maximum atomic E-state index is 12.5. The first-order valence-corrected chi connectivity index (χ1v) is 9.95. The van der Waals surface area contributed by atoms with Gasteiger partial charge in [0.05, 0.1) is 10.6 Å². The minimum Gasteiger partial charge on any atom is -0.478 e. The van der Waals surface area contributed by atoms with Gasteiger partial charge in [-0.05, 0) is 35.9 Å². The van der Waals surface area contributed by atoms with Crippen LogP contribution >= 0.6 is 38.9 Å². The van der Waals surface area contributed by atoms with Crippen LogP contribution in [0.5, 0.6) is 0 Å². The van der Waals surface area contributed by atoms with E-state index in [0.29, 0.717) is 26.6 Å². The third kappa shape index (κ3) is 3.54. The molecule has 9 heteroatoms. The highest BCUT2D eigenvalue weighted by Gasteiger charge is 2.23. The molecular weight excluding hydrogens is 468 g/mol. The molecule has 4 rings (SSSR count). The fourth-order valence-electron chi connectivity index (χ4n) is 2.65. The molecule has 0 saturated heterocycles. The van der Waals surface area contributed by atoms with E-state index in [1.165, 1.54) is 11.3 Å². The second-order valence-corrected chi connectivity index (χ2v) is 7.98. The van der Waals surface area contributed by atoms with Gasteiger partial charge in [0.2, 0.25) is 0 Å². The number of fused-ring (bicyclic) bond motifs is 1. The van der Waals surface area contributed by atoms with Gasteiger partial charge in [-0.1, -0.05) is 39.7 Å². The average molecular weight is 478 g/mol. The summed E-state index contributed by atoms with van der Waals surface area (Å²) in [5.74, 6) is -1.93. The van der Waals surface area contributed by atoms with Crippen LogP contribution in [0.15, 0.2) is 56.7 Å². The molecule has 0 radical (unpaired) electrons. The number of anilines is 1. The Morgan fingerprint density at radius 2 is 1.93 bits per heavy atom. The van der Waals surface area contributed by atoms with E-state index < -0.39 is 11.9 Å². The molecular formula is C19H10BrClN2O4S. The Balaban J connectivity index is 1.67. The third-order valence-corrected chi connectivity index (χ3v) is 5.68. The number of carbonyl (C=O) groups is 2. The zero-order chi connectivity index (χ0) is 19.8. The predicted molar refractivity (Wildman–Crippen MR) is 111 cm³/mol. The van der Waals surface area contributed by atoms with Gasteiger partial charge in [0.25, 0.3) is 5.89 Å². The molecule has 0 saturated carbocycles. The molecule has 0 atom stereocenters. The summed E-state index contributed by atoms with van der Waals surface area (Å²) in [6.07, 6.45) is 0. The lowest BCUT2D eigenvalue weighted by Gasteiger charge is -2.04. The molecule has 2 heterocycles. The van der Waals surface area contributed by atoms with Crippen LogP contribution in [0.2, 0.25) is 5.02 Å². The molecule has 2 aromatic heterocycles. The van der Waals surface area contributed by atoms with Crippen molar-refractivity contribution in [2.24, 2.45) is 0 Å². The fourth-order valence-corrected chi connectivity index (χ4v) is 4.12. The monoisotopic (exact) mass is 476 g/mol. The highest BCUT2D eigenvalue weighted by atomic mass is 79.9. The van der Waals surface area contributed by atoms with Crippen molar-refractivity contribution in [3.05, 3.63) is 68.8 Å². The van der Waals surface area contributed by atoms with Gasteiger partial charge in [0, 0.05) is 14.9 Å². The van der Waals surface area contributed by atoms with Crippen molar-refractivity contribution in [3.63, 3.8) is 0 Å². The van der Waals surface area contributed by atoms with Gasteiger partial charge in [-0.2, -0.15) is 0 Å². The molecule has 28 heavy (non-hydrogen) atoms. The van der Waals surface area contributed by atoms with Crippen LogP contribution in [-0.2, 0) is 0 Å². The van der Waals surface area contributed by atoms with Crippen LogP contribution in [0.1, 0.15) is 21.0 Å². The molecule has 0 fully saturated rings. The van der Waals surface area contributed by atoms with Crippen molar-refractivity contribution in [3.8, 4) is 10.4 Å². The summed E-state index contributed by atoms with van der Waals surface area (Å²) in [5, 5.41) is 14.4. The zero-order valence-electron chi connectivity index (χ0n) is 13.9. The van der Waals surface area contributed by atoms with Crippen molar-refractivity contribution < 1.29 is 19.1 Å². The Hall–Kier alpha value is -2.68. The number of amides is 1. The highest BCUT2D eigenvalue weighted by molar-refractivity contribution is 9.10. The van der Waals surface area contributed by atoms with Crippen molar-refractivity contribution in [1.82, 2.24) is 4.98 Å². The van der Waals surface area contributed by atoms with Crippen molar-refractivity contribution in [2.45, 2.75) is 0 Å². The first-order valence-electron chi connectivity index (χ1n) is 7.90. The molecule has 0 aliphatic carbocycles. The van der Waals surface area contributed by atoms with E-state index in [1.54, 1.807) is 47.8 Å². The standard InChI is InChI=1S/C19H10BrClN2O4S/c20-10-3-6-14-12(7-10)23-18(27-14)17(24)22-13-8-28-16(15(13)19(25)26)9-1-4-11(21)5-2-9/h1-8H,(H,22,24)(H,25,26). The number of hydrogen-bond acceptors (Lipinski definition) is 5. The van der Waals surface area contributed by atoms with Gasteiger partial charge >= 0.3 is 11.9 Å². The van der Waals surface area contributed by atoms with E-state index >= 15 is 0 Å². The van der Waals surface area contributed by atoms with Crippen LogP contribution in [0.4, 0.5) is 5.69 Å². The van der Waals surface area contributed by atoms with Gasteiger partial charge in [0.15, 0.2) is 5.58 Å². The maximum Gasteiger partial charge on any atom is 0.339 e. The van der Waals surface area contributed by atoms with E-state index in [9.17, 15) is 14.7 Å². The van der Waals surface area contributed by atoms with E-state index in [-0.39, 0.29) is 17.1 Å². The average Bonchev–Trinajstić information content (AvgIpc) is 3.26. The maximum absolute atomic E-state index is 12.5. The number of thiophene rings is 1. The summed E-state index contributed by atoms with van der Waals surface area (Å²) in [5.41, 5.74) is 1.85. The Morgan fingerprint density at radius 1 is 1.18 bits per heavy atom. The summed E-state index contributed by atoms with van der Waals surface area (Å²) >= 11 is 10.4. The number of benzene rings is 2. The van der Waals surface area contributed by atoms with Crippen molar-refractivity contribution in [2.75, 3.05) is 5.32 Å². The van der Waals surface area contributed by atoms with Crippen LogP contribution in [-0.4, -0.2) is 22.0 Å². The molecule has 0 spiro atoms. The van der Waals surface area contributed by atoms with Crippen LogP contribution in [0.3, 0.4) is 0 Å². The number of aromatic carboxylic acids is 1. The van der Waals surface area contributed by atoms with Crippen LogP contribution in [0, 0.1) is 0 Å². The number of nitrogens with zero attached hydrogens (tertiary/aromatic N) is 1. The van der Waals surface area contributed by atoms with Gasteiger partial charge in [-0.15, -0.1) is 11.3 Å². The Labute approximate surface area is 175 Å². The number of rotatable bonds is 4. The smallest absolute Gasteiger partial charge is 0.339 e. The number of hydrogen-bond donors (Lipinski definition) is 2. The van der Waals surface area contributed by atoms with E-state index in [1.807, 2.05) is 0 Å². The van der Waals surface area contributed by atoms with Gasteiger partial charge in [-0.25, -0.2) is 9.78 Å². The molecule has 2 N–H and O–H groups in total. The van der Waals surface area contributed by atoms with E-state index in [4.69, 9.17) is 16.0 Å². The summed E-state index contributed by atoms with van der Waals surface area (Å²) in [6.45, 7) is 0. The summed E-state index contributed by atoms with van der Waals surface area (Å²) in [6, 6.07) is 12.0. The molecule has 4 aromatic rings. The lowest BCUT2D eigenvalue weighted by molar-refractivity contribution is 0.0699. The lowest BCUT2D eigenvalue weighted by atomic mass is 10.1. The quantitative estimate of drug-likeness (QED) is 0.380. The summed E-state index contributed by atoms with van der Waals surface area (Å²) in [4.78, 5) is 29.0. The molecule has 1 amide bonds. The second-order valence-electron chi connectivity index (χ2n) is 5.75. The molecule has 0 unspecified atom stereocenters. The highest BCUT2D eigenvalue weighted by Crippen LogP contribution is 2.36. The van der Waals surface area contributed by atoms with E-state index in [0.717, 1.165) is 4.47 Å². The van der Waals surface area contributed by atoms with Crippen LogP contribution < -0.4 is 5.32 Å². The number of carboxylic acid groups (broad SMARTS) is 1. The van der Waals surface area contributed by atoms with Gasteiger partial charge in [-0.3, -0.25) is 4.79 Å². The normalized spacial score (nSPS) is 10.9. The molecule has 6 nitrogen and oxygen atoms in total. The number of carboxylic acids is 1. The molecule has 0 bridgehead atoms. The van der Waals surface area contributed by atoms with Gasteiger partial charge in [0.1, 0.15) is 11.1 Å². The largest absolute Gasteiger partial charge is 0.478 e. The Bertz CT molecular complexity index is 1220. The van der Waals surface area contributed by atoms with E-state index in [2.05, 4.69) is 26.2 Å². The summed E-state index contributed by atoms with van der Waals surface area (Å²) in [7, 11) is 0. The Kier molecular flexibility index (Phi) is 4.92. The lowest BCUT2D eigenvalue weighted by Crippen LogP contribution is -2.14. The first kappa shape index (κ1) is 18.7. The number of halogens is 2. The minimum absolute atomic E-state index is 0.000437. The molecule has 140 valence electrons. The second kappa shape index (κ2) is 7.38. The van der Waals surface area contributed by atoms with Crippen molar-refractivity contribution in [1.29, 1.82) is 0 Å². The topological polar surface area (TPSA) is 92.4 Å². The Morgan fingerprint density at radius 3 is 2.64 bits per heavy atom. The number of nitrogens with one attached hydrogen (secondary N) is 1. The van der Waals surface area contributed by atoms with Gasteiger partial charge < -0.3 is 14.8 Å². The van der Waals surface area contributed by atoms with Crippen molar-refractivity contribution >= 4 is 67.5 Å². The molecule has 0 aliphatic rings. The number of oxazole rings is 1. The molecule has 0 aliphatic heterocycles. The minimum atomic E-state index is -1.15. The first-order chi connectivity index (χ1) is 13.4. The predicted octanol–water partition coefficient (Wildman–Crippen LogP) is 5.92. The SMILES string of the molecule is O=C(Nc1csc(-c2ccc(Cl)cc2)c1C(=O)O)c1nc2cc(Br)ccc2o1.